The van der Waals surface area contributed by atoms with Crippen LogP contribution in [-0.2, 0) is 11.8 Å². The highest BCUT2D eigenvalue weighted by atomic mass is 32.1. The number of hydrogen-bond acceptors (Lipinski definition) is 3. The number of hydrogen-bond donors (Lipinski definition) is 1. The maximum absolute atomic E-state index is 5.57. The topological polar surface area (TPSA) is 42.8 Å². The Morgan fingerprint density at radius 2 is 2.46 bits per heavy atom. The van der Waals surface area contributed by atoms with Crippen molar-refractivity contribution in [1.29, 1.82) is 0 Å². The fraction of sp³-hybridized carbons (Fsp3) is 0.750. The molecule has 0 bridgehead atoms. The van der Waals surface area contributed by atoms with E-state index >= 15 is 0 Å². The van der Waals surface area contributed by atoms with Crippen molar-refractivity contribution < 1.29 is 4.74 Å². The molecular weight excluding hydrogens is 186 g/mol. The van der Waals surface area contributed by atoms with Gasteiger partial charge >= 0.3 is 0 Å². The molecule has 0 spiro atoms. The van der Waals surface area contributed by atoms with Crippen molar-refractivity contribution >= 4 is 12.2 Å². The molecule has 2 rings (SSSR count). The highest BCUT2D eigenvalue weighted by Gasteiger charge is 2.28. The van der Waals surface area contributed by atoms with Crippen LogP contribution in [0.4, 0.5) is 0 Å². The Morgan fingerprint density at radius 1 is 1.69 bits per heavy atom. The smallest absolute Gasteiger partial charge is 0.215 e. The number of nitrogens with one attached hydrogen (secondary N) is 1. The van der Waals surface area contributed by atoms with Gasteiger partial charge in [-0.1, -0.05) is 6.92 Å². The standard InChI is InChI=1S/C8H13N3OS/c1-5-3-4-12-6(5)7-9-8(13)11(2)10-7/h5-6H,3-4H2,1-2H3,(H,9,10,13). The number of H-pyrrole nitrogens is 1. The molecule has 4 nitrogen and oxygen atoms in total. The molecule has 0 aromatic carbocycles. The molecule has 1 saturated heterocycles. The van der Waals surface area contributed by atoms with Crippen molar-refractivity contribution in [1.82, 2.24) is 14.8 Å². The summed E-state index contributed by atoms with van der Waals surface area (Å²) < 4.78 is 7.88. The molecule has 0 aliphatic carbocycles. The lowest BCUT2D eigenvalue weighted by atomic mass is 10.0. The molecule has 1 aromatic rings. The molecule has 1 fully saturated rings. The van der Waals surface area contributed by atoms with Crippen LogP contribution in [0.3, 0.4) is 0 Å². The molecule has 0 amide bonds. The van der Waals surface area contributed by atoms with Gasteiger partial charge in [-0.15, -0.1) is 0 Å². The van der Waals surface area contributed by atoms with Crippen LogP contribution in [-0.4, -0.2) is 21.4 Å². The Labute approximate surface area is 81.9 Å². The van der Waals surface area contributed by atoms with Crippen molar-refractivity contribution in [2.24, 2.45) is 13.0 Å². The van der Waals surface area contributed by atoms with E-state index in [0.29, 0.717) is 10.7 Å². The summed E-state index contributed by atoms with van der Waals surface area (Å²) >= 11 is 5.01. The van der Waals surface area contributed by atoms with Crippen molar-refractivity contribution in [2.45, 2.75) is 19.4 Å². The lowest BCUT2D eigenvalue weighted by Gasteiger charge is -2.10. The molecule has 5 heteroatoms. The third kappa shape index (κ3) is 1.53. The third-order valence-corrected chi connectivity index (χ3v) is 2.81. The first kappa shape index (κ1) is 8.90. The SMILES string of the molecule is CC1CCOC1c1nc(=S)n(C)[nH]1. The van der Waals surface area contributed by atoms with E-state index in [1.54, 1.807) is 4.68 Å². The minimum absolute atomic E-state index is 0.0999. The van der Waals surface area contributed by atoms with Gasteiger partial charge < -0.3 is 4.74 Å². The molecule has 72 valence electrons. The molecule has 1 N–H and O–H groups in total. The monoisotopic (exact) mass is 199 g/mol. The second-order valence-electron chi connectivity index (χ2n) is 3.51. The van der Waals surface area contributed by atoms with E-state index in [-0.39, 0.29) is 6.10 Å². The summed E-state index contributed by atoms with van der Waals surface area (Å²) in [6.45, 7) is 2.99. The molecule has 2 unspecified atom stereocenters. The van der Waals surface area contributed by atoms with Crippen LogP contribution in [0.15, 0.2) is 0 Å². The third-order valence-electron chi connectivity index (χ3n) is 2.44. The zero-order chi connectivity index (χ0) is 9.42. The molecule has 0 saturated carbocycles. The molecule has 1 aliphatic rings. The summed E-state index contributed by atoms with van der Waals surface area (Å²) in [5.74, 6) is 1.39. The zero-order valence-electron chi connectivity index (χ0n) is 7.78. The molecule has 0 radical (unpaired) electrons. The number of nitrogens with zero attached hydrogens (tertiary/aromatic N) is 2. The van der Waals surface area contributed by atoms with Gasteiger partial charge in [0.25, 0.3) is 0 Å². The lowest BCUT2D eigenvalue weighted by molar-refractivity contribution is 0.0872. The highest BCUT2D eigenvalue weighted by molar-refractivity contribution is 7.71. The van der Waals surface area contributed by atoms with Crippen LogP contribution in [0.2, 0.25) is 0 Å². The van der Waals surface area contributed by atoms with Gasteiger partial charge in [0.2, 0.25) is 4.77 Å². The van der Waals surface area contributed by atoms with Gasteiger partial charge in [-0.3, -0.25) is 9.78 Å². The Balaban J connectivity index is 2.29. The Morgan fingerprint density at radius 3 is 2.92 bits per heavy atom. The van der Waals surface area contributed by atoms with Crippen molar-refractivity contribution in [3.8, 4) is 0 Å². The van der Waals surface area contributed by atoms with E-state index in [1.165, 1.54) is 0 Å². The molecule has 1 aromatic heterocycles. The Bertz CT molecular complexity index is 357. The number of aromatic nitrogens is 3. The minimum Gasteiger partial charge on any atom is -0.370 e. The lowest BCUT2D eigenvalue weighted by Crippen LogP contribution is -2.06. The normalized spacial score (nSPS) is 28.2. The predicted molar refractivity (Wildman–Crippen MR) is 50.9 cm³/mol. The van der Waals surface area contributed by atoms with Crippen LogP contribution in [0.5, 0.6) is 0 Å². The number of ether oxygens (including phenoxy) is 1. The summed E-state index contributed by atoms with van der Waals surface area (Å²) in [5.41, 5.74) is 0. The molecule has 1 aliphatic heterocycles. The highest BCUT2D eigenvalue weighted by Crippen LogP contribution is 2.31. The van der Waals surface area contributed by atoms with E-state index < -0.39 is 0 Å². The van der Waals surface area contributed by atoms with E-state index in [1.807, 2.05) is 7.05 Å². The molecule has 2 atom stereocenters. The van der Waals surface area contributed by atoms with Crippen LogP contribution >= 0.6 is 12.2 Å². The number of rotatable bonds is 1. The first-order chi connectivity index (χ1) is 6.18. The van der Waals surface area contributed by atoms with E-state index in [0.717, 1.165) is 18.9 Å². The largest absolute Gasteiger partial charge is 0.370 e. The summed E-state index contributed by atoms with van der Waals surface area (Å²) in [4.78, 5) is 4.24. The van der Waals surface area contributed by atoms with Gasteiger partial charge in [-0.25, -0.2) is 4.98 Å². The number of aryl methyl sites for hydroxylation is 1. The molecule has 2 heterocycles. The zero-order valence-corrected chi connectivity index (χ0v) is 8.60. The fourth-order valence-electron chi connectivity index (χ4n) is 1.59. The maximum Gasteiger partial charge on any atom is 0.215 e. The van der Waals surface area contributed by atoms with E-state index in [2.05, 4.69) is 17.0 Å². The quantitative estimate of drug-likeness (QED) is 0.698. The summed E-state index contributed by atoms with van der Waals surface area (Å²) in [6, 6.07) is 0. The van der Waals surface area contributed by atoms with Crippen LogP contribution < -0.4 is 0 Å². The van der Waals surface area contributed by atoms with Crippen molar-refractivity contribution in [3.63, 3.8) is 0 Å². The Hall–Kier alpha value is -0.680. The maximum atomic E-state index is 5.57. The van der Waals surface area contributed by atoms with Crippen molar-refractivity contribution in [2.75, 3.05) is 6.61 Å². The summed E-state index contributed by atoms with van der Waals surface area (Å²) in [6.07, 6.45) is 1.20. The fourth-order valence-corrected chi connectivity index (χ4v) is 1.74. The average molecular weight is 199 g/mol. The van der Waals surface area contributed by atoms with Crippen LogP contribution in [0, 0.1) is 10.7 Å². The van der Waals surface area contributed by atoms with Gasteiger partial charge in [0.1, 0.15) is 6.10 Å². The van der Waals surface area contributed by atoms with Gasteiger partial charge in [-0.2, -0.15) is 0 Å². The predicted octanol–water partition coefficient (Wildman–Crippen LogP) is 1.58. The minimum atomic E-state index is 0.0999. The molecule has 13 heavy (non-hydrogen) atoms. The molecular formula is C8H13N3OS. The number of aromatic amines is 1. The van der Waals surface area contributed by atoms with Gasteiger partial charge in [0.05, 0.1) is 0 Å². The van der Waals surface area contributed by atoms with Gasteiger partial charge in [-0.05, 0) is 24.6 Å². The first-order valence-electron chi connectivity index (χ1n) is 4.43. The second-order valence-corrected chi connectivity index (χ2v) is 3.87. The summed E-state index contributed by atoms with van der Waals surface area (Å²) in [5, 5.41) is 3.09. The van der Waals surface area contributed by atoms with Gasteiger partial charge in [0, 0.05) is 13.7 Å². The van der Waals surface area contributed by atoms with E-state index in [4.69, 9.17) is 17.0 Å². The van der Waals surface area contributed by atoms with Crippen LogP contribution in [0.25, 0.3) is 0 Å². The first-order valence-corrected chi connectivity index (χ1v) is 4.84. The summed E-state index contributed by atoms with van der Waals surface area (Å²) in [7, 11) is 1.86. The van der Waals surface area contributed by atoms with Gasteiger partial charge in [0.15, 0.2) is 5.82 Å². The Kier molecular flexibility index (Phi) is 2.21. The van der Waals surface area contributed by atoms with Crippen molar-refractivity contribution in [3.05, 3.63) is 10.6 Å². The van der Waals surface area contributed by atoms with Crippen LogP contribution in [0.1, 0.15) is 25.3 Å². The average Bonchev–Trinajstić information content (AvgIpc) is 2.60. The van der Waals surface area contributed by atoms with E-state index in [9.17, 15) is 0 Å². The second kappa shape index (κ2) is 3.23.